The lowest BCUT2D eigenvalue weighted by atomic mass is 10.2. The zero-order valence-corrected chi connectivity index (χ0v) is 11.2. The molecule has 0 amide bonds. The van der Waals surface area contributed by atoms with E-state index in [1.54, 1.807) is 12.5 Å². The quantitative estimate of drug-likeness (QED) is 0.817. The Morgan fingerprint density at radius 1 is 1.47 bits per heavy atom. The van der Waals surface area contributed by atoms with E-state index in [1.807, 2.05) is 13.1 Å². The molecule has 2 aromatic heterocycles. The Balaban J connectivity index is 1.64. The summed E-state index contributed by atoms with van der Waals surface area (Å²) >= 11 is 0. The number of hydrogen-bond acceptors (Lipinski definition) is 6. The van der Waals surface area contributed by atoms with Gasteiger partial charge >= 0.3 is 0 Å². The molecule has 3 rings (SSSR count). The molecular weight excluding hydrogens is 242 g/mol. The fraction of sp³-hybridized carbons (Fsp3) is 0.538. The SMILES string of the molecule is CC(c1ccncn1)N(C)Cc1nc(C2CC2)no1. The molecule has 1 atom stereocenters. The number of aromatic nitrogens is 4. The van der Waals surface area contributed by atoms with E-state index in [9.17, 15) is 0 Å². The molecule has 6 nitrogen and oxygen atoms in total. The van der Waals surface area contributed by atoms with E-state index in [2.05, 4.69) is 31.9 Å². The highest BCUT2D eigenvalue weighted by molar-refractivity contribution is 5.05. The topological polar surface area (TPSA) is 67.9 Å². The smallest absolute Gasteiger partial charge is 0.240 e. The van der Waals surface area contributed by atoms with Crippen molar-refractivity contribution in [2.45, 2.75) is 38.3 Å². The van der Waals surface area contributed by atoms with E-state index < -0.39 is 0 Å². The average molecular weight is 259 g/mol. The van der Waals surface area contributed by atoms with Crippen LogP contribution in [0.4, 0.5) is 0 Å². The second-order valence-corrected chi connectivity index (χ2v) is 5.05. The van der Waals surface area contributed by atoms with Gasteiger partial charge in [-0.05, 0) is 32.9 Å². The van der Waals surface area contributed by atoms with Crippen LogP contribution in [0.1, 0.15) is 49.1 Å². The summed E-state index contributed by atoms with van der Waals surface area (Å²) in [6, 6.07) is 2.10. The van der Waals surface area contributed by atoms with Gasteiger partial charge in [0.15, 0.2) is 5.82 Å². The Morgan fingerprint density at radius 2 is 2.32 bits per heavy atom. The van der Waals surface area contributed by atoms with Crippen LogP contribution in [0.15, 0.2) is 23.1 Å². The Morgan fingerprint density at radius 3 is 3.00 bits per heavy atom. The Hall–Kier alpha value is -1.82. The van der Waals surface area contributed by atoms with Gasteiger partial charge in [-0.25, -0.2) is 9.97 Å². The van der Waals surface area contributed by atoms with Crippen molar-refractivity contribution in [1.82, 2.24) is 25.0 Å². The maximum atomic E-state index is 5.29. The third-order valence-corrected chi connectivity index (χ3v) is 3.50. The van der Waals surface area contributed by atoms with Gasteiger partial charge in [0.25, 0.3) is 0 Å². The summed E-state index contributed by atoms with van der Waals surface area (Å²) in [7, 11) is 2.02. The first-order chi connectivity index (χ1) is 9.24. The van der Waals surface area contributed by atoms with Crippen LogP contribution < -0.4 is 0 Å². The maximum Gasteiger partial charge on any atom is 0.240 e. The van der Waals surface area contributed by atoms with Crippen molar-refractivity contribution in [1.29, 1.82) is 0 Å². The molecule has 0 aromatic carbocycles. The minimum absolute atomic E-state index is 0.180. The first-order valence-electron chi connectivity index (χ1n) is 6.52. The molecule has 6 heteroatoms. The lowest BCUT2D eigenvalue weighted by Gasteiger charge is -2.22. The molecule has 19 heavy (non-hydrogen) atoms. The lowest BCUT2D eigenvalue weighted by molar-refractivity contribution is 0.213. The first-order valence-corrected chi connectivity index (χ1v) is 6.52. The summed E-state index contributed by atoms with van der Waals surface area (Å²) in [5.74, 6) is 2.06. The summed E-state index contributed by atoms with van der Waals surface area (Å²) in [4.78, 5) is 14.8. The molecule has 0 bridgehead atoms. The molecule has 0 radical (unpaired) electrons. The van der Waals surface area contributed by atoms with E-state index in [0.717, 1.165) is 11.5 Å². The van der Waals surface area contributed by atoms with E-state index in [-0.39, 0.29) is 6.04 Å². The highest BCUT2D eigenvalue weighted by Crippen LogP contribution is 2.38. The number of rotatable bonds is 5. The zero-order valence-electron chi connectivity index (χ0n) is 11.2. The Bertz CT molecular complexity index is 537. The molecule has 0 N–H and O–H groups in total. The summed E-state index contributed by atoms with van der Waals surface area (Å²) in [5.41, 5.74) is 0.986. The normalized spacial score (nSPS) is 16.8. The zero-order chi connectivity index (χ0) is 13.2. The Kier molecular flexibility index (Phi) is 3.25. The van der Waals surface area contributed by atoms with Crippen molar-refractivity contribution in [3.63, 3.8) is 0 Å². The summed E-state index contributed by atoms with van der Waals surface area (Å²) in [6.07, 6.45) is 5.69. The molecule has 0 aliphatic heterocycles. The first kappa shape index (κ1) is 12.2. The van der Waals surface area contributed by atoms with E-state index in [4.69, 9.17) is 4.52 Å². The van der Waals surface area contributed by atoms with Crippen LogP contribution >= 0.6 is 0 Å². The molecule has 1 unspecified atom stereocenters. The van der Waals surface area contributed by atoms with Gasteiger partial charge in [0, 0.05) is 18.2 Å². The highest BCUT2D eigenvalue weighted by Gasteiger charge is 2.29. The van der Waals surface area contributed by atoms with Gasteiger partial charge in [0.1, 0.15) is 6.33 Å². The van der Waals surface area contributed by atoms with Gasteiger partial charge < -0.3 is 4.52 Å². The van der Waals surface area contributed by atoms with Gasteiger partial charge in [-0.3, -0.25) is 4.90 Å². The van der Waals surface area contributed by atoms with Crippen molar-refractivity contribution in [3.05, 3.63) is 36.0 Å². The monoisotopic (exact) mass is 259 g/mol. The van der Waals surface area contributed by atoms with Gasteiger partial charge in [-0.1, -0.05) is 5.16 Å². The average Bonchev–Trinajstić information content (AvgIpc) is 3.20. The molecule has 1 fully saturated rings. The highest BCUT2D eigenvalue weighted by atomic mass is 16.5. The van der Waals surface area contributed by atoms with Crippen LogP contribution in [0.2, 0.25) is 0 Å². The summed E-state index contributed by atoms with van der Waals surface area (Å²) < 4.78 is 5.29. The lowest BCUT2D eigenvalue weighted by Crippen LogP contribution is -2.22. The molecule has 1 saturated carbocycles. The van der Waals surface area contributed by atoms with Gasteiger partial charge in [0.05, 0.1) is 12.2 Å². The van der Waals surface area contributed by atoms with Crippen LogP contribution in [0, 0.1) is 0 Å². The molecule has 1 aliphatic carbocycles. The second kappa shape index (κ2) is 5.05. The van der Waals surface area contributed by atoms with Gasteiger partial charge in [0.2, 0.25) is 5.89 Å². The minimum atomic E-state index is 0.180. The van der Waals surface area contributed by atoms with Crippen LogP contribution in [-0.2, 0) is 6.54 Å². The van der Waals surface area contributed by atoms with E-state index in [1.165, 1.54) is 12.8 Å². The van der Waals surface area contributed by atoms with E-state index in [0.29, 0.717) is 18.4 Å². The van der Waals surface area contributed by atoms with Crippen molar-refractivity contribution in [2.75, 3.05) is 7.05 Å². The fourth-order valence-electron chi connectivity index (χ4n) is 1.96. The van der Waals surface area contributed by atoms with Crippen molar-refractivity contribution in [2.24, 2.45) is 0 Å². The standard InChI is InChI=1S/C13H17N5O/c1-9(11-5-6-14-8-15-11)18(2)7-12-16-13(17-19-12)10-3-4-10/h5-6,8-10H,3-4,7H2,1-2H3. The van der Waals surface area contributed by atoms with Crippen molar-refractivity contribution >= 4 is 0 Å². The van der Waals surface area contributed by atoms with Crippen molar-refractivity contribution < 1.29 is 4.52 Å². The Labute approximate surface area is 111 Å². The predicted molar refractivity (Wildman–Crippen MR) is 68.2 cm³/mol. The number of nitrogens with zero attached hydrogens (tertiary/aromatic N) is 5. The van der Waals surface area contributed by atoms with Crippen molar-refractivity contribution in [3.8, 4) is 0 Å². The van der Waals surface area contributed by atoms with E-state index >= 15 is 0 Å². The predicted octanol–water partition coefficient (Wildman–Crippen LogP) is 1.93. The molecule has 2 heterocycles. The van der Waals surface area contributed by atoms with Crippen LogP contribution in [0.25, 0.3) is 0 Å². The maximum absolute atomic E-state index is 5.29. The summed E-state index contributed by atoms with van der Waals surface area (Å²) in [6.45, 7) is 2.73. The largest absolute Gasteiger partial charge is 0.338 e. The molecule has 100 valence electrons. The van der Waals surface area contributed by atoms with Gasteiger partial charge in [-0.2, -0.15) is 4.98 Å². The third kappa shape index (κ3) is 2.78. The van der Waals surface area contributed by atoms with Crippen LogP contribution in [0.5, 0.6) is 0 Å². The third-order valence-electron chi connectivity index (χ3n) is 3.50. The molecule has 1 aliphatic rings. The molecular formula is C13H17N5O. The molecule has 0 saturated heterocycles. The second-order valence-electron chi connectivity index (χ2n) is 5.05. The molecule has 2 aromatic rings. The van der Waals surface area contributed by atoms with Gasteiger partial charge in [-0.15, -0.1) is 0 Å². The molecule has 0 spiro atoms. The number of hydrogen-bond donors (Lipinski definition) is 0. The van der Waals surface area contributed by atoms with Crippen LogP contribution in [-0.4, -0.2) is 32.1 Å². The van der Waals surface area contributed by atoms with Crippen LogP contribution in [0.3, 0.4) is 0 Å². The fourth-order valence-corrected chi connectivity index (χ4v) is 1.96. The summed E-state index contributed by atoms with van der Waals surface area (Å²) in [5, 5.41) is 4.02. The minimum Gasteiger partial charge on any atom is -0.338 e.